The summed E-state index contributed by atoms with van der Waals surface area (Å²) in [6, 6.07) is 0. The summed E-state index contributed by atoms with van der Waals surface area (Å²) in [5.74, 6) is 0. The van der Waals surface area contributed by atoms with E-state index in [-0.39, 0.29) is 80.8 Å². The Balaban J connectivity index is -0.000000245. The maximum absolute atomic E-state index is 9.29. The van der Waals surface area contributed by atoms with Gasteiger partial charge in [-0.1, -0.05) is 0 Å². The molecule has 0 bridgehead atoms. The molecule has 10 heavy (non-hydrogen) atoms. The van der Waals surface area contributed by atoms with Crippen molar-refractivity contribution in [3.05, 3.63) is 0 Å². The molecule has 0 unspecified atom stereocenters. The Morgan fingerprint density at radius 1 is 0.900 bits per heavy atom. The molecule has 0 aromatic carbocycles. The molecule has 0 radical (unpaired) electrons. The molecule has 0 aliphatic rings. The van der Waals surface area contributed by atoms with Gasteiger partial charge in [0.1, 0.15) is 0 Å². The predicted octanol–water partition coefficient (Wildman–Crippen LogP) is 0.291. The summed E-state index contributed by atoms with van der Waals surface area (Å²) in [6.45, 7) is 0. The van der Waals surface area contributed by atoms with Crippen LogP contribution in [0.3, 0.4) is 0 Å². The van der Waals surface area contributed by atoms with Crippen LogP contribution in [0.25, 0.3) is 0 Å². The van der Waals surface area contributed by atoms with Crippen molar-refractivity contribution in [2.24, 2.45) is 0 Å². The SMILES string of the molecule is O=C(O)OOC(=O)O.[Sm].[Sm]. The molecular formula is C2H2O6Sm2. The Kier molecular flexibility index (Phi) is 17.7. The molecule has 0 heterocycles. The molecule has 0 aromatic rings. The summed E-state index contributed by atoms with van der Waals surface area (Å²) in [5.41, 5.74) is 0. The average molecular weight is 423 g/mol. The van der Waals surface area contributed by atoms with Gasteiger partial charge >= 0.3 is 12.3 Å². The van der Waals surface area contributed by atoms with Gasteiger partial charge in [0.15, 0.2) is 0 Å². The molecule has 0 spiro atoms. The van der Waals surface area contributed by atoms with Gasteiger partial charge in [-0.05, 0) is 0 Å². The molecule has 0 atom stereocenters. The van der Waals surface area contributed by atoms with E-state index >= 15 is 0 Å². The van der Waals surface area contributed by atoms with Crippen molar-refractivity contribution in [1.82, 2.24) is 0 Å². The number of carbonyl (C=O) groups is 2. The van der Waals surface area contributed by atoms with Gasteiger partial charge in [-0.15, -0.1) is 0 Å². The predicted molar refractivity (Wildman–Crippen MR) is 18.2 cm³/mol. The van der Waals surface area contributed by atoms with E-state index in [1.807, 2.05) is 0 Å². The van der Waals surface area contributed by atoms with Crippen molar-refractivity contribution in [2.45, 2.75) is 0 Å². The topological polar surface area (TPSA) is 93.1 Å². The zero-order valence-electron chi connectivity index (χ0n) is 4.34. The van der Waals surface area contributed by atoms with Crippen LogP contribution in [-0.2, 0) is 9.78 Å². The number of carboxylic acid groups (broad SMARTS) is 2. The van der Waals surface area contributed by atoms with E-state index in [2.05, 4.69) is 9.78 Å². The standard InChI is InChI=1S/C2H2O6.2Sm/c3-1(4)7-8-2(5)6;;/h(H,3,4)(H,5,6);;. The van der Waals surface area contributed by atoms with Gasteiger partial charge in [-0.2, -0.15) is 0 Å². The van der Waals surface area contributed by atoms with Gasteiger partial charge < -0.3 is 10.2 Å². The largest absolute Gasteiger partial charge is 0.547 e. The minimum atomic E-state index is -1.80. The summed E-state index contributed by atoms with van der Waals surface area (Å²) in [6.07, 6.45) is -3.60. The van der Waals surface area contributed by atoms with Gasteiger partial charge in [0.05, 0.1) is 0 Å². The molecular weight excluding hydrogens is 421 g/mol. The molecule has 0 fully saturated rings. The third-order valence-electron chi connectivity index (χ3n) is 0.184. The minimum Gasteiger partial charge on any atom is -0.447 e. The molecule has 0 rings (SSSR count). The summed E-state index contributed by atoms with van der Waals surface area (Å²) in [4.78, 5) is 24.8. The molecule has 2 N–H and O–H groups in total. The van der Waals surface area contributed by atoms with Crippen molar-refractivity contribution < 1.29 is 110 Å². The first-order valence-electron chi connectivity index (χ1n) is 1.43. The number of hydrogen-bond acceptors (Lipinski definition) is 4. The summed E-state index contributed by atoms with van der Waals surface area (Å²) in [5, 5.41) is 15.1. The van der Waals surface area contributed by atoms with E-state index in [4.69, 9.17) is 10.2 Å². The second-order valence-electron chi connectivity index (χ2n) is 0.698. The second kappa shape index (κ2) is 10.2. The van der Waals surface area contributed by atoms with E-state index in [0.29, 0.717) is 0 Å². The Morgan fingerprint density at radius 3 is 1.20 bits per heavy atom. The molecule has 0 saturated heterocycles. The molecule has 0 amide bonds. The molecule has 0 aliphatic heterocycles. The summed E-state index contributed by atoms with van der Waals surface area (Å²) >= 11 is 0. The van der Waals surface area contributed by atoms with E-state index in [9.17, 15) is 9.59 Å². The van der Waals surface area contributed by atoms with Crippen LogP contribution in [0.15, 0.2) is 0 Å². The Morgan fingerprint density at radius 2 is 1.10 bits per heavy atom. The van der Waals surface area contributed by atoms with Crippen molar-refractivity contribution in [3.63, 3.8) is 0 Å². The van der Waals surface area contributed by atoms with Crippen LogP contribution in [0.5, 0.6) is 0 Å². The third kappa shape index (κ3) is 16.1. The number of rotatable bonds is 0. The van der Waals surface area contributed by atoms with E-state index in [1.54, 1.807) is 0 Å². The minimum absolute atomic E-state index is 0. The fraction of sp³-hybridized carbons (Fsp3) is 0. The van der Waals surface area contributed by atoms with Crippen LogP contribution >= 0.6 is 0 Å². The van der Waals surface area contributed by atoms with Gasteiger partial charge in [0, 0.05) is 80.8 Å². The van der Waals surface area contributed by atoms with Crippen LogP contribution in [0, 0.1) is 80.8 Å². The van der Waals surface area contributed by atoms with Gasteiger partial charge in [0.2, 0.25) is 0 Å². The Labute approximate surface area is 120 Å². The van der Waals surface area contributed by atoms with Crippen molar-refractivity contribution in [3.8, 4) is 0 Å². The number of hydrogen-bond donors (Lipinski definition) is 2. The zero-order valence-corrected chi connectivity index (χ0v) is 9.58. The second-order valence-corrected chi connectivity index (χ2v) is 0.698. The molecule has 58 valence electrons. The van der Waals surface area contributed by atoms with Crippen LogP contribution in [0.2, 0.25) is 0 Å². The van der Waals surface area contributed by atoms with Gasteiger partial charge in [-0.25, -0.2) is 19.4 Å². The summed E-state index contributed by atoms with van der Waals surface area (Å²) in [7, 11) is 0. The molecule has 0 aliphatic carbocycles. The van der Waals surface area contributed by atoms with Gasteiger partial charge in [-0.3, -0.25) is 0 Å². The smallest absolute Gasteiger partial charge is 0.447 e. The van der Waals surface area contributed by atoms with Crippen molar-refractivity contribution in [1.29, 1.82) is 0 Å². The fourth-order valence-electron chi connectivity index (χ4n) is 0.0713. The van der Waals surface area contributed by atoms with E-state index < -0.39 is 12.3 Å². The quantitative estimate of drug-likeness (QED) is 0.430. The van der Waals surface area contributed by atoms with Crippen LogP contribution in [-0.4, -0.2) is 22.5 Å². The Hall–Kier alpha value is 1.22. The first-order valence-corrected chi connectivity index (χ1v) is 1.43. The third-order valence-corrected chi connectivity index (χ3v) is 0.184. The van der Waals surface area contributed by atoms with Crippen molar-refractivity contribution in [2.75, 3.05) is 0 Å². The molecule has 8 heteroatoms. The van der Waals surface area contributed by atoms with Crippen molar-refractivity contribution >= 4 is 12.3 Å². The van der Waals surface area contributed by atoms with Gasteiger partial charge in [0.25, 0.3) is 0 Å². The monoisotopic (exact) mass is 426 g/mol. The maximum atomic E-state index is 9.29. The first-order chi connectivity index (χ1) is 3.63. The normalized spacial score (nSPS) is 6.00. The molecule has 0 saturated carbocycles. The van der Waals surface area contributed by atoms with Crippen LogP contribution in [0.4, 0.5) is 9.59 Å². The summed E-state index contributed by atoms with van der Waals surface area (Å²) < 4.78 is 0. The average Bonchev–Trinajstić information content (AvgIpc) is 1.61. The van der Waals surface area contributed by atoms with E-state index in [0.717, 1.165) is 0 Å². The van der Waals surface area contributed by atoms with Crippen LogP contribution in [0.1, 0.15) is 0 Å². The molecule has 6 nitrogen and oxygen atoms in total. The maximum Gasteiger partial charge on any atom is 0.547 e. The van der Waals surface area contributed by atoms with Crippen LogP contribution < -0.4 is 0 Å². The fourth-order valence-corrected chi connectivity index (χ4v) is 0.0713. The molecule has 0 aromatic heterocycles. The van der Waals surface area contributed by atoms with E-state index in [1.165, 1.54) is 0 Å². The Bertz CT molecular complexity index is 98.3. The zero-order chi connectivity index (χ0) is 6.57. The first kappa shape index (κ1) is 17.3.